The molecule has 0 heterocycles. The van der Waals surface area contributed by atoms with E-state index in [2.05, 4.69) is 0 Å². The van der Waals surface area contributed by atoms with Gasteiger partial charge in [0.25, 0.3) is 0 Å². The van der Waals surface area contributed by atoms with Gasteiger partial charge < -0.3 is 5.11 Å². The van der Waals surface area contributed by atoms with Gasteiger partial charge in [-0.05, 0) is 23.0 Å². The van der Waals surface area contributed by atoms with Crippen LogP contribution in [0.25, 0.3) is 0 Å². The number of phenols is 1. The minimum Gasteiger partial charge on any atom is -0.508 e. The van der Waals surface area contributed by atoms with E-state index >= 15 is 0 Å². The molecule has 5 heteroatoms. The van der Waals surface area contributed by atoms with Gasteiger partial charge in [-0.1, -0.05) is 41.5 Å². The molecule has 1 rings (SSSR count). The number of phenolic OH excluding ortho intramolecular Hbond substituents is 1. The molecule has 4 N–H and O–H groups in total. The third-order valence-corrected chi connectivity index (χ3v) is 4.07. The first-order chi connectivity index (χ1) is 8.24. The standard InChI is InChI=1S/C14H23O4P/c1-13(2,3)9-8-12(19(16,17)18)10(7-11(9)15)14(4,5)6/h7-8,16-18H,1-6H3/p+1. The van der Waals surface area contributed by atoms with E-state index in [0.29, 0.717) is 11.1 Å². The van der Waals surface area contributed by atoms with E-state index in [1.165, 1.54) is 12.1 Å². The molecule has 0 fully saturated rings. The van der Waals surface area contributed by atoms with Crippen molar-refractivity contribution in [2.75, 3.05) is 0 Å². The summed E-state index contributed by atoms with van der Waals surface area (Å²) in [6.07, 6.45) is 0. The highest BCUT2D eigenvalue weighted by Crippen LogP contribution is 2.48. The Morgan fingerprint density at radius 2 is 1.21 bits per heavy atom. The second-order valence-electron chi connectivity index (χ2n) is 6.95. The van der Waals surface area contributed by atoms with Crippen LogP contribution in [0.1, 0.15) is 52.7 Å². The first-order valence-corrected chi connectivity index (χ1v) is 7.85. The Morgan fingerprint density at radius 1 is 0.789 bits per heavy atom. The Labute approximate surface area is 115 Å². The minimum atomic E-state index is -4.13. The number of aromatic hydroxyl groups is 1. The minimum absolute atomic E-state index is 0.106. The Morgan fingerprint density at radius 3 is 1.53 bits per heavy atom. The number of rotatable bonds is 1. The summed E-state index contributed by atoms with van der Waals surface area (Å²) in [5, 5.41) is 10.3. The highest BCUT2D eigenvalue weighted by molar-refractivity contribution is 7.66. The van der Waals surface area contributed by atoms with Crippen LogP contribution in [0.4, 0.5) is 0 Å². The maximum Gasteiger partial charge on any atom is 0.441 e. The van der Waals surface area contributed by atoms with Crippen molar-refractivity contribution in [3.63, 3.8) is 0 Å². The molecule has 108 valence electrons. The molecule has 0 unspecified atom stereocenters. The lowest BCUT2D eigenvalue weighted by molar-refractivity contribution is 0.345. The second kappa shape index (κ2) is 4.71. The first-order valence-electron chi connectivity index (χ1n) is 6.20. The van der Waals surface area contributed by atoms with Crippen LogP contribution in [0, 0.1) is 0 Å². The molecule has 1 aromatic rings. The average molecular weight is 287 g/mol. The van der Waals surface area contributed by atoms with Crippen LogP contribution in [-0.2, 0) is 10.8 Å². The van der Waals surface area contributed by atoms with E-state index in [1.54, 1.807) is 0 Å². The molecule has 19 heavy (non-hydrogen) atoms. The van der Waals surface area contributed by atoms with Crippen LogP contribution >= 0.6 is 7.94 Å². The van der Waals surface area contributed by atoms with E-state index in [1.807, 2.05) is 41.5 Å². The molecule has 0 aliphatic carbocycles. The fourth-order valence-corrected chi connectivity index (χ4v) is 3.05. The third kappa shape index (κ3) is 3.67. The monoisotopic (exact) mass is 287 g/mol. The fraction of sp³-hybridized carbons (Fsp3) is 0.571. The van der Waals surface area contributed by atoms with Gasteiger partial charge in [-0.15, -0.1) is 0 Å². The molecule has 0 saturated heterocycles. The van der Waals surface area contributed by atoms with Crippen molar-refractivity contribution in [3.8, 4) is 5.75 Å². The van der Waals surface area contributed by atoms with Gasteiger partial charge in [-0.25, -0.2) is 0 Å². The zero-order valence-corrected chi connectivity index (χ0v) is 13.3. The van der Waals surface area contributed by atoms with Crippen molar-refractivity contribution >= 4 is 13.2 Å². The zero-order chi connectivity index (χ0) is 15.2. The average Bonchev–Trinajstić information content (AvgIpc) is 2.11. The predicted molar refractivity (Wildman–Crippen MR) is 78.7 cm³/mol. The molecule has 0 atom stereocenters. The van der Waals surface area contributed by atoms with Gasteiger partial charge in [0.05, 0.1) is 0 Å². The van der Waals surface area contributed by atoms with Crippen LogP contribution in [0.3, 0.4) is 0 Å². The van der Waals surface area contributed by atoms with Crippen molar-refractivity contribution < 1.29 is 19.8 Å². The van der Waals surface area contributed by atoms with Gasteiger partial charge in [0.1, 0.15) is 5.75 Å². The summed E-state index contributed by atoms with van der Waals surface area (Å²) in [7, 11) is -4.13. The van der Waals surface area contributed by atoms with Crippen LogP contribution in [0.5, 0.6) is 5.75 Å². The molecule has 0 saturated carbocycles. The zero-order valence-electron chi connectivity index (χ0n) is 12.4. The van der Waals surface area contributed by atoms with Gasteiger partial charge in [0.15, 0.2) is 5.30 Å². The van der Waals surface area contributed by atoms with Gasteiger partial charge in [0, 0.05) is 11.1 Å². The summed E-state index contributed by atoms with van der Waals surface area (Å²) in [4.78, 5) is 29.0. The van der Waals surface area contributed by atoms with Crippen molar-refractivity contribution in [1.82, 2.24) is 0 Å². The lowest BCUT2D eigenvalue weighted by atomic mass is 9.81. The largest absolute Gasteiger partial charge is 0.508 e. The fourth-order valence-electron chi connectivity index (χ4n) is 2.03. The molecular weight excluding hydrogens is 263 g/mol. The first kappa shape index (κ1) is 16.4. The van der Waals surface area contributed by atoms with Crippen LogP contribution < -0.4 is 5.30 Å². The van der Waals surface area contributed by atoms with Gasteiger partial charge in [0.2, 0.25) is 0 Å². The second-order valence-corrected chi connectivity index (χ2v) is 8.57. The van der Waals surface area contributed by atoms with Crippen molar-refractivity contribution in [3.05, 3.63) is 23.3 Å². The molecule has 0 spiro atoms. The van der Waals surface area contributed by atoms with Crippen LogP contribution in [-0.4, -0.2) is 19.8 Å². The smallest absolute Gasteiger partial charge is 0.441 e. The highest BCUT2D eigenvalue weighted by atomic mass is 31.2. The molecule has 0 amide bonds. The lowest BCUT2D eigenvalue weighted by Gasteiger charge is -2.26. The predicted octanol–water partition coefficient (Wildman–Crippen LogP) is 2.35. The SMILES string of the molecule is CC(C)(C)c1cc([P+](O)(O)O)c(C(C)(C)C)cc1O. The highest BCUT2D eigenvalue weighted by Gasteiger charge is 2.41. The Hall–Kier alpha value is -0.670. The van der Waals surface area contributed by atoms with E-state index < -0.39 is 13.4 Å². The van der Waals surface area contributed by atoms with E-state index in [4.69, 9.17) is 0 Å². The van der Waals surface area contributed by atoms with Gasteiger partial charge in [-0.2, -0.15) is 14.7 Å². The molecule has 0 aliphatic heterocycles. The van der Waals surface area contributed by atoms with E-state index in [0.717, 1.165) is 0 Å². The van der Waals surface area contributed by atoms with E-state index in [9.17, 15) is 19.8 Å². The van der Waals surface area contributed by atoms with Crippen molar-refractivity contribution in [1.29, 1.82) is 0 Å². The normalized spacial score (nSPS) is 13.7. The summed E-state index contributed by atoms with van der Waals surface area (Å²) in [5.41, 5.74) is 0.350. The maximum atomic E-state index is 10.1. The summed E-state index contributed by atoms with van der Waals surface area (Å²) in [6, 6.07) is 3.02. The Kier molecular flexibility index (Phi) is 4.06. The number of benzene rings is 1. The van der Waals surface area contributed by atoms with Crippen molar-refractivity contribution in [2.45, 2.75) is 52.4 Å². The topological polar surface area (TPSA) is 80.9 Å². The van der Waals surface area contributed by atoms with E-state index in [-0.39, 0.29) is 16.5 Å². The molecular formula is C14H24O4P+. The summed E-state index contributed by atoms with van der Waals surface area (Å²) < 4.78 is 0. The van der Waals surface area contributed by atoms with Crippen LogP contribution in [0.2, 0.25) is 0 Å². The maximum absolute atomic E-state index is 10.1. The summed E-state index contributed by atoms with van der Waals surface area (Å²) in [6.45, 7) is 11.4. The van der Waals surface area contributed by atoms with Gasteiger partial charge >= 0.3 is 7.94 Å². The molecule has 1 aromatic carbocycles. The quantitative estimate of drug-likeness (QED) is 0.598. The molecule has 0 radical (unpaired) electrons. The Balaban J connectivity index is 3.66. The molecule has 4 nitrogen and oxygen atoms in total. The lowest BCUT2D eigenvalue weighted by Crippen LogP contribution is -2.27. The Bertz CT molecular complexity index is 476. The molecule has 0 bridgehead atoms. The third-order valence-electron chi connectivity index (χ3n) is 3.05. The molecule has 0 aromatic heterocycles. The number of hydrogen-bond donors (Lipinski definition) is 4. The van der Waals surface area contributed by atoms with Crippen LogP contribution in [0.15, 0.2) is 12.1 Å². The molecule has 0 aliphatic rings. The summed E-state index contributed by atoms with van der Waals surface area (Å²) >= 11 is 0. The number of hydrogen-bond acceptors (Lipinski definition) is 4. The summed E-state index contributed by atoms with van der Waals surface area (Å²) in [5.74, 6) is 0.106. The van der Waals surface area contributed by atoms with Crippen molar-refractivity contribution in [2.24, 2.45) is 0 Å². The van der Waals surface area contributed by atoms with Gasteiger partial charge in [-0.3, -0.25) is 0 Å².